The largest absolute Gasteiger partial charge is 0.315 e. The first-order valence-electron chi connectivity index (χ1n) is 11.2. The number of ether oxygens (including phenoxy) is 2. The van der Waals surface area contributed by atoms with Gasteiger partial charge < -0.3 is 9.47 Å². The molecule has 4 aliphatic heterocycles. The zero-order chi connectivity index (χ0) is 23.4. The first kappa shape index (κ1) is 21.3. The number of nitro benzene ring substituents is 1. The average Bonchev–Trinajstić information content (AvgIpc) is 3.17. The molecule has 6 unspecified atom stereocenters. The monoisotopic (exact) mass is 474 g/mol. The molecular weight excluding hydrogens is 452 g/mol. The number of nitrogens with zero attached hydrogens (tertiary/aromatic N) is 2. The van der Waals surface area contributed by atoms with Gasteiger partial charge in [0.15, 0.2) is 0 Å². The quantitative estimate of drug-likeness (QED) is 0.374. The van der Waals surface area contributed by atoms with Crippen molar-refractivity contribution in [3.63, 3.8) is 0 Å². The number of non-ortho nitro benzene ring substituents is 1. The first-order chi connectivity index (χ1) is 16.5. The predicted molar refractivity (Wildman–Crippen MR) is 126 cm³/mol. The van der Waals surface area contributed by atoms with Gasteiger partial charge in [-0.15, -0.1) is 0 Å². The maximum Gasteiger partial charge on any atom is 0.309 e. The lowest BCUT2D eigenvalue weighted by Gasteiger charge is -2.55. The molecule has 0 radical (unpaired) electrons. The molecule has 4 aliphatic rings. The molecule has 0 aliphatic carbocycles. The Labute approximate surface area is 200 Å². The van der Waals surface area contributed by atoms with Gasteiger partial charge in [0.05, 0.1) is 22.1 Å². The lowest BCUT2D eigenvalue weighted by molar-refractivity contribution is -0.384. The van der Waals surface area contributed by atoms with Gasteiger partial charge in [0.25, 0.3) is 5.69 Å². The molecule has 0 aromatic heterocycles. The number of rotatable bonds is 4. The van der Waals surface area contributed by atoms with Crippen molar-refractivity contribution in [1.82, 2.24) is 4.90 Å². The number of fused-ring (bicyclic) bond motifs is 2. The highest BCUT2D eigenvalue weighted by atomic mass is 32.2. The highest BCUT2D eigenvalue weighted by molar-refractivity contribution is 8.00. The minimum atomic E-state index is -1.28. The van der Waals surface area contributed by atoms with E-state index in [4.69, 9.17) is 9.47 Å². The van der Waals surface area contributed by atoms with Crippen molar-refractivity contribution in [1.29, 1.82) is 0 Å². The van der Waals surface area contributed by atoms with Gasteiger partial charge >= 0.3 is 5.24 Å². The van der Waals surface area contributed by atoms with Gasteiger partial charge in [-0.1, -0.05) is 72.4 Å². The van der Waals surface area contributed by atoms with E-state index in [-0.39, 0.29) is 29.0 Å². The third-order valence-electron chi connectivity index (χ3n) is 6.83. The van der Waals surface area contributed by atoms with E-state index in [1.54, 1.807) is 17.0 Å². The van der Waals surface area contributed by atoms with Crippen LogP contribution in [0.5, 0.6) is 0 Å². The summed E-state index contributed by atoms with van der Waals surface area (Å²) in [5, 5.41) is 9.69. The second-order valence-electron chi connectivity index (χ2n) is 8.78. The van der Waals surface area contributed by atoms with Gasteiger partial charge in [0.2, 0.25) is 5.91 Å². The molecule has 0 saturated carbocycles. The highest BCUT2D eigenvalue weighted by Crippen LogP contribution is 2.66. The summed E-state index contributed by atoms with van der Waals surface area (Å²) in [6, 6.07) is 25.8. The number of carbonyl (C=O) groups is 1. The van der Waals surface area contributed by atoms with Crippen LogP contribution in [0, 0.1) is 16.0 Å². The van der Waals surface area contributed by atoms with Gasteiger partial charge in [-0.2, -0.15) is 0 Å². The Morgan fingerprint density at radius 2 is 1.41 bits per heavy atom. The summed E-state index contributed by atoms with van der Waals surface area (Å²) in [5.41, 5.74) is 2.74. The highest BCUT2D eigenvalue weighted by Gasteiger charge is 2.69. The van der Waals surface area contributed by atoms with E-state index in [2.05, 4.69) is 0 Å². The number of nitro groups is 1. The molecule has 8 heteroatoms. The van der Waals surface area contributed by atoms with Crippen molar-refractivity contribution in [2.24, 2.45) is 5.92 Å². The Morgan fingerprint density at radius 1 is 0.853 bits per heavy atom. The minimum Gasteiger partial charge on any atom is -0.315 e. The van der Waals surface area contributed by atoms with Crippen LogP contribution in [-0.4, -0.2) is 27.0 Å². The molecule has 4 saturated heterocycles. The summed E-state index contributed by atoms with van der Waals surface area (Å²) in [6.45, 7) is 1.99. The lowest BCUT2D eigenvalue weighted by atomic mass is 9.86. The fourth-order valence-electron chi connectivity index (χ4n) is 5.25. The van der Waals surface area contributed by atoms with Crippen LogP contribution >= 0.6 is 11.8 Å². The lowest BCUT2D eigenvalue weighted by Crippen LogP contribution is -2.63. The summed E-state index contributed by atoms with van der Waals surface area (Å²) >= 11 is 1.52. The summed E-state index contributed by atoms with van der Waals surface area (Å²) in [7, 11) is 0. The van der Waals surface area contributed by atoms with Crippen molar-refractivity contribution in [2.75, 3.05) is 0 Å². The molecule has 7 rings (SSSR count). The summed E-state index contributed by atoms with van der Waals surface area (Å²) in [4.78, 5) is 26.5. The molecule has 3 aromatic carbocycles. The molecule has 0 N–H and O–H groups in total. The van der Waals surface area contributed by atoms with Crippen LogP contribution in [0.1, 0.15) is 41.1 Å². The third kappa shape index (κ3) is 3.17. The molecule has 34 heavy (non-hydrogen) atoms. The Kier molecular flexibility index (Phi) is 4.98. The summed E-state index contributed by atoms with van der Waals surface area (Å²) in [6.07, 6.45) is -0.916. The molecular formula is C26H22N2O5S. The fraction of sp³-hybridized carbons (Fsp3) is 0.269. The molecule has 2 bridgehead atoms. The van der Waals surface area contributed by atoms with Gasteiger partial charge in [0.1, 0.15) is 12.2 Å². The Morgan fingerprint density at radius 3 is 2.03 bits per heavy atom. The van der Waals surface area contributed by atoms with Gasteiger partial charge in [-0.3, -0.25) is 19.8 Å². The maximum absolute atomic E-state index is 14.0. The Hall–Kier alpha value is -3.20. The van der Waals surface area contributed by atoms with Gasteiger partial charge in [-0.05, 0) is 35.7 Å². The van der Waals surface area contributed by atoms with Gasteiger partial charge in [0, 0.05) is 12.1 Å². The fourth-order valence-corrected chi connectivity index (χ4v) is 6.96. The van der Waals surface area contributed by atoms with E-state index in [1.807, 2.05) is 67.6 Å². The smallest absolute Gasteiger partial charge is 0.309 e. The van der Waals surface area contributed by atoms with Crippen molar-refractivity contribution in [3.05, 3.63) is 112 Å². The molecule has 3 aromatic rings. The second kappa shape index (κ2) is 7.94. The topological polar surface area (TPSA) is 81.9 Å². The zero-order valence-electron chi connectivity index (χ0n) is 18.3. The third-order valence-corrected chi connectivity index (χ3v) is 8.34. The molecule has 1 spiro atoms. The second-order valence-corrected chi connectivity index (χ2v) is 10.0. The van der Waals surface area contributed by atoms with Crippen molar-refractivity contribution in [3.8, 4) is 0 Å². The molecule has 1 amide bonds. The predicted octanol–water partition coefficient (Wildman–Crippen LogP) is 5.37. The number of hydrogen-bond acceptors (Lipinski definition) is 6. The minimum absolute atomic E-state index is 0.000278. The van der Waals surface area contributed by atoms with Gasteiger partial charge in [-0.25, -0.2) is 0 Å². The summed E-state index contributed by atoms with van der Waals surface area (Å²) in [5.74, 6) is -0.510. The molecule has 4 heterocycles. The van der Waals surface area contributed by atoms with E-state index >= 15 is 0 Å². The standard InChI is InChI=1S/C26H22N2O5S/c1-16-22(17-8-4-2-5-9-17)32-26-27(16)25(29)21(24(34-26)19-10-6-3-7-11-19)23(33-26)18-12-14-20(15-13-18)28(30)31/h2-16,21-24H,1H3. The van der Waals surface area contributed by atoms with Crippen LogP contribution in [-0.2, 0) is 14.3 Å². The van der Waals surface area contributed by atoms with Crippen molar-refractivity contribution in [2.45, 2.75) is 35.7 Å². The molecule has 4 fully saturated rings. The number of amides is 1. The van der Waals surface area contributed by atoms with Crippen molar-refractivity contribution >= 4 is 23.4 Å². The molecule has 172 valence electrons. The number of carbonyl (C=O) groups excluding carboxylic acids is 1. The van der Waals surface area contributed by atoms with Crippen LogP contribution in [0.4, 0.5) is 5.69 Å². The van der Waals surface area contributed by atoms with E-state index in [0.29, 0.717) is 0 Å². The zero-order valence-corrected chi connectivity index (χ0v) is 19.1. The number of hydrogen-bond donors (Lipinski definition) is 0. The van der Waals surface area contributed by atoms with E-state index in [9.17, 15) is 14.9 Å². The first-order valence-corrected chi connectivity index (χ1v) is 12.1. The Balaban J connectivity index is 1.44. The normalized spacial score (nSPS) is 32.0. The van der Waals surface area contributed by atoms with E-state index in [0.717, 1.165) is 16.7 Å². The van der Waals surface area contributed by atoms with Crippen molar-refractivity contribution < 1.29 is 19.2 Å². The number of thioether (sulfide) groups is 1. The summed E-state index contributed by atoms with van der Waals surface area (Å²) < 4.78 is 13.2. The molecule has 7 nitrogen and oxygen atoms in total. The van der Waals surface area contributed by atoms with E-state index < -0.39 is 22.2 Å². The number of benzene rings is 3. The van der Waals surface area contributed by atoms with E-state index in [1.165, 1.54) is 23.9 Å². The van der Waals surface area contributed by atoms with Crippen LogP contribution in [0.15, 0.2) is 84.9 Å². The molecule has 6 atom stereocenters. The van der Waals surface area contributed by atoms with Crippen LogP contribution in [0.2, 0.25) is 0 Å². The van der Waals surface area contributed by atoms with Crippen LogP contribution in [0.3, 0.4) is 0 Å². The SMILES string of the molecule is CC1C(c2ccccc2)OC23OC(c4ccc([N+](=O)[O-])cc4)C(C(=O)N12)C(c1ccccc1)S3. The van der Waals surface area contributed by atoms with Crippen LogP contribution in [0.25, 0.3) is 0 Å². The maximum atomic E-state index is 14.0. The van der Waals surface area contributed by atoms with Crippen LogP contribution < -0.4 is 0 Å². The Bertz CT molecular complexity index is 1240. The average molecular weight is 475 g/mol.